The van der Waals surface area contributed by atoms with Gasteiger partial charge in [0.15, 0.2) is 11.5 Å². The third-order valence-electron chi connectivity index (χ3n) is 3.21. The minimum atomic E-state index is 0.743. The van der Waals surface area contributed by atoms with Gasteiger partial charge >= 0.3 is 0 Å². The molecule has 0 spiro atoms. The third kappa shape index (κ3) is 2.18. The highest BCUT2D eigenvalue weighted by atomic mass is 16.3. The maximum atomic E-state index is 5.56. The number of para-hydroxylation sites is 1. The molecule has 0 amide bonds. The molecule has 90 valence electrons. The highest BCUT2D eigenvalue weighted by molar-refractivity contribution is 5.76. The normalized spacial score (nSPS) is 17.7. The second-order valence-corrected chi connectivity index (χ2v) is 4.52. The van der Waals surface area contributed by atoms with Gasteiger partial charge in [0.25, 0.3) is 0 Å². The number of piperazine rings is 1. The summed E-state index contributed by atoms with van der Waals surface area (Å²) < 4.78 is 5.56. The van der Waals surface area contributed by atoms with E-state index >= 15 is 0 Å². The number of oxazole rings is 1. The summed E-state index contributed by atoms with van der Waals surface area (Å²) >= 11 is 0. The molecule has 1 aromatic heterocycles. The first-order valence-corrected chi connectivity index (χ1v) is 6.11. The van der Waals surface area contributed by atoms with Crippen molar-refractivity contribution >= 4 is 11.1 Å². The van der Waals surface area contributed by atoms with E-state index in [0.717, 1.165) is 49.7 Å². The number of hydrogen-bond donors (Lipinski definition) is 1. The summed E-state index contributed by atoms with van der Waals surface area (Å²) in [6.45, 7) is 7.22. The van der Waals surface area contributed by atoms with Crippen LogP contribution < -0.4 is 5.32 Å². The average molecular weight is 231 g/mol. The molecule has 0 atom stereocenters. The monoisotopic (exact) mass is 231 g/mol. The summed E-state index contributed by atoms with van der Waals surface area (Å²) in [4.78, 5) is 6.92. The van der Waals surface area contributed by atoms with Crippen molar-refractivity contribution in [2.75, 3.05) is 26.2 Å². The highest BCUT2D eigenvalue weighted by Gasteiger charge is 2.13. The summed E-state index contributed by atoms with van der Waals surface area (Å²) in [5.41, 5.74) is 3.18. The zero-order valence-electron chi connectivity index (χ0n) is 10.1. The fraction of sp³-hybridized carbons (Fsp3) is 0.462. The predicted molar refractivity (Wildman–Crippen MR) is 66.9 cm³/mol. The zero-order valence-corrected chi connectivity index (χ0v) is 10.1. The molecule has 3 rings (SSSR count). The van der Waals surface area contributed by atoms with E-state index in [1.165, 1.54) is 5.56 Å². The lowest BCUT2D eigenvalue weighted by molar-refractivity contribution is 0.234. The van der Waals surface area contributed by atoms with Crippen LogP contribution in [0.4, 0.5) is 0 Å². The predicted octanol–water partition coefficient (Wildman–Crippen LogP) is 1.54. The Labute approximate surface area is 101 Å². The Morgan fingerprint density at radius 2 is 2.18 bits per heavy atom. The molecule has 2 aromatic rings. The van der Waals surface area contributed by atoms with Crippen molar-refractivity contribution in [1.82, 2.24) is 15.2 Å². The number of nitrogens with one attached hydrogen (secondary N) is 1. The molecule has 1 N–H and O–H groups in total. The quantitative estimate of drug-likeness (QED) is 0.851. The fourth-order valence-electron chi connectivity index (χ4n) is 2.35. The molecule has 0 bridgehead atoms. The van der Waals surface area contributed by atoms with E-state index in [0.29, 0.717) is 0 Å². The first-order valence-electron chi connectivity index (χ1n) is 6.11. The van der Waals surface area contributed by atoms with Crippen LogP contribution in [0.2, 0.25) is 0 Å². The smallest absolute Gasteiger partial charge is 0.192 e. The van der Waals surface area contributed by atoms with Gasteiger partial charge in [-0.3, -0.25) is 4.90 Å². The summed E-state index contributed by atoms with van der Waals surface area (Å²) in [7, 11) is 0. The largest absolute Gasteiger partial charge is 0.441 e. The third-order valence-corrected chi connectivity index (χ3v) is 3.21. The molecule has 0 radical (unpaired) electrons. The van der Waals surface area contributed by atoms with Gasteiger partial charge in [-0.25, -0.2) is 4.98 Å². The number of aromatic nitrogens is 1. The van der Waals surface area contributed by atoms with Crippen LogP contribution in [0.5, 0.6) is 0 Å². The Bertz CT molecular complexity index is 514. The van der Waals surface area contributed by atoms with E-state index in [4.69, 9.17) is 4.42 Å². The van der Waals surface area contributed by atoms with Crippen molar-refractivity contribution in [2.24, 2.45) is 0 Å². The van der Waals surface area contributed by atoms with Crippen molar-refractivity contribution in [3.63, 3.8) is 0 Å². The Hall–Kier alpha value is -1.39. The number of nitrogens with zero attached hydrogens (tertiary/aromatic N) is 2. The lowest BCUT2D eigenvalue weighted by Gasteiger charge is -2.27. The molecule has 1 fully saturated rings. The maximum absolute atomic E-state index is 5.56. The second kappa shape index (κ2) is 4.47. The highest BCUT2D eigenvalue weighted by Crippen LogP contribution is 2.20. The first kappa shape index (κ1) is 10.7. The van der Waals surface area contributed by atoms with Crippen LogP contribution in [0.3, 0.4) is 0 Å². The van der Waals surface area contributed by atoms with Crippen molar-refractivity contribution in [3.05, 3.63) is 29.7 Å². The molecule has 17 heavy (non-hydrogen) atoms. The Morgan fingerprint density at radius 3 is 3.00 bits per heavy atom. The summed E-state index contributed by atoms with van der Waals surface area (Å²) in [5.74, 6) is 0.743. The summed E-state index contributed by atoms with van der Waals surface area (Å²) in [6.07, 6.45) is 0. The van der Waals surface area contributed by atoms with Gasteiger partial charge in [-0.15, -0.1) is 0 Å². The molecule has 4 nitrogen and oxygen atoms in total. The topological polar surface area (TPSA) is 41.3 Å². The number of fused-ring (bicyclic) bond motifs is 1. The minimum Gasteiger partial charge on any atom is -0.441 e. The van der Waals surface area contributed by atoms with Gasteiger partial charge in [-0.1, -0.05) is 12.1 Å². The Balaban J connectivity index is 1.88. The number of hydrogen-bond acceptors (Lipinski definition) is 4. The standard InChI is InChI=1S/C13H17N3O/c1-10-15-13-11(3-2-4-12(13)17-10)9-16-7-5-14-6-8-16/h2-4,14H,5-9H2,1H3. The van der Waals surface area contributed by atoms with E-state index in [2.05, 4.69) is 21.3 Å². The molecule has 0 unspecified atom stereocenters. The van der Waals surface area contributed by atoms with E-state index in [9.17, 15) is 0 Å². The zero-order chi connectivity index (χ0) is 11.7. The Morgan fingerprint density at radius 1 is 1.35 bits per heavy atom. The second-order valence-electron chi connectivity index (χ2n) is 4.52. The van der Waals surface area contributed by atoms with Gasteiger partial charge in [0.1, 0.15) is 5.52 Å². The minimum absolute atomic E-state index is 0.743. The Kier molecular flexibility index (Phi) is 2.82. The molecule has 0 aliphatic carbocycles. The van der Waals surface area contributed by atoms with Crippen molar-refractivity contribution in [2.45, 2.75) is 13.5 Å². The molecular weight excluding hydrogens is 214 g/mol. The maximum Gasteiger partial charge on any atom is 0.192 e. The molecule has 1 saturated heterocycles. The van der Waals surface area contributed by atoms with E-state index in [1.54, 1.807) is 0 Å². The average Bonchev–Trinajstić information content (AvgIpc) is 2.72. The SMILES string of the molecule is Cc1nc2c(CN3CCNCC3)cccc2o1. The fourth-order valence-corrected chi connectivity index (χ4v) is 2.35. The molecule has 2 heterocycles. The van der Waals surface area contributed by atoms with Crippen LogP contribution in [0.25, 0.3) is 11.1 Å². The van der Waals surface area contributed by atoms with Crippen LogP contribution in [0.15, 0.2) is 22.6 Å². The van der Waals surface area contributed by atoms with Gasteiger partial charge in [-0.05, 0) is 11.6 Å². The van der Waals surface area contributed by atoms with E-state index in [1.807, 2.05) is 19.1 Å². The van der Waals surface area contributed by atoms with Crippen molar-refractivity contribution < 1.29 is 4.42 Å². The van der Waals surface area contributed by atoms with Crippen LogP contribution in [0, 0.1) is 6.92 Å². The summed E-state index contributed by atoms with van der Waals surface area (Å²) in [6, 6.07) is 6.17. The molecule has 1 aliphatic heterocycles. The van der Waals surface area contributed by atoms with Gasteiger partial charge in [0.2, 0.25) is 0 Å². The van der Waals surface area contributed by atoms with Gasteiger partial charge < -0.3 is 9.73 Å². The first-order chi connectivity index (χ1) is 8.33. The van der Waals surface area contributed by atoms with E-state index in [-0.39, 0.29) is 0 Å². The molecule has 4 heteroatoms. The van der Waals surface area contributed by atoms with E-state index < -0.39 is 0 Å². The van der Waals surface area contributed by atoms with Crippen molar-refractivity contribution in [3.8, 4) is 0 Å². The number of aryl methyl sites for hydroxylation is 1. The lowest BCUT2D eigenvalue weighted by atomic mass is 10.1. The lowest BCUT2D eigenvalue weighted by Crippen LogP contribution is -2.42. The molecule has 1 aliphatic rings. The van der Waals surface area contributed by atoms with Crippen LogP contribution in [0.1, 0.15) is 11.5 Å². The molecular formula is C13H17N3O. The number of rotatable bonds is 2. The van der Waals surface area contributed by atoms with Crippen LogP contribution >= 0.6 is 0 Å². The number of benzene rings is 1. The van der Waals surface area contributed by atoms with Gasteiger partial charge in [-0.2, -0.15) is 0 Å². The van der Waals surface area contributed by atoms with Gasteiger partial charge in [0.05, 0.1) is 0 Å². The molecule has 1 aromatic carbocycles. The van der Waals surface area contributed by atoms with Crippen molar-refractivity contribution in [1.29, 1.82) is 0 Å². The molecule has 0 saturated carbocycles. The summed E-state index contributed by atoms with van der Waals surface area (Å²) in [5, 5.41) is 3.37. The van der Waals surface area contributed by atoms with Gasteiger partial charge in [0, 0.05) is 39.6 Å². The van der Waals surface area contributed by atoms with Crippen LogP contribution in [-0.2, 0) is 6.54 Å². The van der Waals surface area contributed by atoms with Crippen LogP contribution in [-0.4, -0.2) is 36.1 Å².